The molecule has 1 aromatic carbocycles. The topological polar surface area (TPSA) is 75.1 Å². The number of aromatic nitrogens is 1. The van der Waals surface area contributed by atoms with Gasteiger partial charge >= 0.3 is 0 Å². The van der Waals surface area contributed by atoms with E-state index in [0.717, 1.165) is 16.8 Å². The third-order valence-corrected chi connectivity index (χ3v) is 3.15. The molecule has 0 spiro atoms. The van der Waals surface area contributed by atoms with Crippen LogP contribution in [-0.4, -0.2) is 16.9 Å². The maximum Gasteiger partial charge on any atom is 0.123 e. The number of nitrogens with one attached hydrogen (secondary N) is 1. The van der Waals surface area contributed by atoms with Crippen LogP contribution in [0.5, 0.6) is 0 Å². The molecule has 0 radical (unpaired) electrons. The van der Waals surface area contributed by atoms with Crippen LogP contribution in [-0.2, 0) is 0 Å². The van der Waals surface area contributed by atoms with Crippen LogP contribution in [0.2, 0.25) is 0 Å². The lowest BCUT2D eigenvalue weighted by molar-refractivity contribution is 1.14. The second-order valence-corrected chi connectivity index (χ2v) is 4.72. The van der Waals surface area contributed by atoms with E-state index in [2.05, 4.69) is 16.6 Å². The van der Waals surface area contributed by atoms with Gasteiger partial charge in [-0.05, 0) is 30.2 Å². The Morgan fingerprint density at radius 1 is 1.33 bits per heavy atom. The molecule has 2 rings (SSSR count). The Hall–Kier alpha value is -2.75. The highest BCUT2D eigenvalue weighted by Crippen LogP contribution is 2.22. The van der Waals surface area contributed by atoms with E-state index in [4.69, 9.17) is 11.1 Å². The second-order valence-electron chi connectivity index (χ2n) is 4.72. The van der Waals surface area contributed by atoms with Crippen molar-refractivity contribution in [2.45, 2.75) is 12.8 Å². The first-order valence-electron chi connectivity index (χ1n) is 6.64. The van der Waals surface area contributed by atoms with Crippen LogP contribution in [0, 0.1) is 5.41 Å². The van der Waals surface area contributed by atoms with Crippen LogP contribution in [0.4, 0.5) is 11.5 Å². The summed E-state index contributed by atoms with van der Waals surface area (Å²) in [4.78, 5) is 8.58. The molecule has 0 aliphatic rings. The van der Waals surface area contributed by atoms with Gasteiger partial charge < -0.3 is 11.1 Å². The average molecular weight is 278 g/mol. The van der Waals surface area contributed by atoms with Crippen molar-refractivity contribution in [1.29, 1.82) is 5.41 Å². The summed E-state index contributed by atoms with van der Waals surface area (Å²) in [5, 5.41) is 7.94. The van der Waals surface area contributed by atoms with E-state index < -0.39 is 0 Å². The molecule has 1 atom stereocenters. The van der Waals surface area contributed by atoms with Crippen LogP contribution in [0.25, 0.3) is 6.08 Å². The summed E-state index contributed by atoms with van der Waals surface area (Å²) in [7, 11) is 0. The van der Waals surface area contributed by atoms with Gasteiger partial charge in [0.15, 0.2) is 0 Å². The minimum atomic E-state index is -0.212. The van der Waals surface area contributed by atoms with E-state index in [0.29, 0.717) is 11.5 Å². The SMILES string of the molecule is C=Cc1ccccc1N=CC(C(C)=N)c1ccc(N)nc1. The molecule has 0 aliphatic heterocycles. The lowest BCUT2D eigenvalue weighted by Crippen LogP contribution is -2.10. The van der Waals surface area contributed by atoms with Crippen molar-refractivity contribution in [2.75, 3.05) is 5.73 Å². The molecule has 0 bridgehead atoms. The molecule has 106 valence electrons. The second kappa shape index (κ2) is 6.61. The van der Waals surface area contributed by atoms with Crippen molar-refractivity contribution in [2.24, 2.45) is 4.99 Å². The number of hydrogen-bond acceptors (Lipinski definition) is 4. The van der Waals surface area contributed by atoms with E-state index in [1.807, 2.05) is 30.3 Å². The summed E-state index contributed by atoms with van der Waals surface area (Å²) in [5.41, 5.74) is 8.80. The van der Waals surface area contributed by atoms with Crippen molar-refractivity contribution in [3.63, 3.8) is 0 Å². The van der Waals surface area contributed by atoms with E-state index in [9.17, 15) is 0 Å². The maximum atomic E-state index is 7.94. The fourth-order valence-electron chi connectivity index (χ4n) is 1.98. The molecule has 2 aromatic rings. The van der Waals surface area contributed by atoms with Gasteiger partial charge in [-0.1, -0.05) is 36.9 Å². The Labute approximate surface area is 124 Å². The number of aliphatic imine (C=N–C) groups is 1. The minimum absolute atomic E-state index is 0.212. The van der Waals surface area contributed by atoms with E-state index >= 15 is 0 Å². The Kier molecular flexibility index (Phi) is 4.61. The summed E-state index contributed by atoms with van der Waals surface area (Å²) in [5.74, 6) is 0.255. The number of pyridine rings is 1. The molecule has 0 saturated carbocycles. The Morgan fingerprint density at radius 2 is 2.10 bits per heavy atom. The van der Waals surface area contributed by atoms with Crippen LogP contribution in [0.15, 0.2) is 54.2 Å². The third-order valence-electron chi connectivity index (χ3n) is 3.15. The summed E-state index contributed by atoms with van der Waals surface area (Å²) in [6, 6.07) is 11.4. The maximum absolute atomic E-state index is 7.94. The number of rotatable bonds is 5. The fraction of sp³-hybridized carbons (Fsp3) is 0.118. The quantitative estimate of drug-likeness (QED) is 0.815. The number of nitrogen functional groups attached to an aromatic ring is 1. The number of nitrogens with two attached hydrogens (primary N) is 1. The first kappa shape index (κ1) is 14.7. The van der Waals surface area contributed by atoms with E-state index in [1.54, 1.807) is 31.5 Å². The van der Waals surface area contributed by atoms with Crippen LogP contribution >= 0.6 is 0 Å². The minimum Gasteiger partial charge on any atom is -0.384 e. The average Bonchev–Trinajstić information content (AvgIpc) is 2.49. The van der Waals surface area contributed by atoms with Gasteiger partial charge in [-0.3, -0.25) is 4.99 Å². The Bertz CT molecular complexity index is 671. The lowest BCUT2D eigenvalue weighted by Gasteiger charge is -2.11. The molecule has 4 heteroatoms. The van der Waals surface area contributed by atoms with Crippen LogP contribution in [0.1, 0.15) is 24.0 Å². The van der Waals surface area contributed by atoms with Gasteiger partial charge in [0.25, 0.3) is 0 Å². The molecule has 1 unspecified atom stereocenters. The van der Waals surface area contributed by atoms with Gasteiger partial charge in [0.1, 0.15) is 5.82 Å². The van der Waals surface area contributed by atoms with Gasteiger partial charge in [0, 0.05) is 18.1 Å². The van der Waals surface area contributed by atoms with Crippen LogP contribution in [0.3, 0.4) is 0 Å². The molecular weight excluding hydrogens is 260 g/mol. The zero-order valence-electron chi connectivity index (χ0n) is 12.0. The summed E-state index contributed by atoms with van der Waals surface area (Å²) < 4.78 is 0. The molecule has 3 N–H and O–H groups in total. The monoisotopic (exact) mass is 278 g/mol. The fourth-order valence-corrected chi connectivity index (χ4v) is 1.98. The number of para-hydroxylation sites is 1. The van der Waals surface area contributed by atoms with Crippen molar-refractivity contribution in [3.05, 3.63) is 60.3 Å². The number of anilines is 1. The first-order chi connectivity index (χ1) is 10.1. The van der Waals surface area contributed by atoms with Gasteiger partial charge in [0.2, 0.25) is 0 Å². The lowest BCUT2D eigenvalue weighted by atomic mass is 9.97. The zero-order valence-corrected chi connectivity index (χ0v) is 12.0. The van der Waals surface area contributed by atoms with Gasteiger partial charge in [0.05, 0.1) is 11.6 Å². The molecular formula is C17H18N4. The van der Waals surface area contributed by atoms with Crippen molar-refractivity contribution >= 4 is 29.5 Å². The van der Waals surface area contributed by atoms with E-state index in [-0.39, 0.29) is 5.92 Å². The Morgan fingerprint density at radius 3 is 2.71 bits per heavy atom. The highest BCUT2D eigenvalue weighted by Gasteiger charge is 2.12. The molecule has 1 heterocycles. The largest absolute Gasteiger partial charge is 0.384 e. The molecule has 0 aliphatic carbocycles. The smallest absolute Gasteiger partial charge is 0.123 e. The van der Waals surface area contributed by atoms with Crippen LogP contribution < -0.4 is 5.73 Å². The molecule has 4 nitrogen and oxygen atoms in total. The van der Waals surface area contributed by atoms with E-state index in [1.165, 1.54) is 0 Å². The molecule has 0 fully saturated rings. The molecule has 0 saturated heterocycles. The van der Waals surface area contributed by atoms with Gasteiger partial charge in [-0.2, -0.15) is 0 Å². The zero-order chi connectivity index (χ0) is 15.2. The summed E-state index contributed by atoms with van der Waals surface area (Å²) in [6.45, 7) is 5.54. The van der Waals surface area contributed by atoms with Gasteiger partial charge in [-0.25, -0.2) is 4.98 Å². The molecule has 21 heavy (non-hydrogen) atoms. The number of benzene rings is 1. The van der Waals surface area contributed by atoms with Crippen molar-refractivity contribution in [1.82, 2.24) is 4.98 Å². The predicted molar refractivity (Wildman–Crippen MR) is 89.5 cm³/mol. The standard InChI is InChI=1S/C17H18N4/c1-3-13-6-4-5-7-16(13)20-11-15(12(2)18)14-8-9-17(19)21-10-14/h3-11,15,18H,1H2,2H3,(H2,19,21). The van der Waals surface area contributed by atoms with Gasteiger partial charge in [-0.15, -0.1) is 0 Å². The summed E-state index contributed by atoms with van der Waals surface area (Å²) >= 11 is 0. The molecule has 1 aromatic heterocycles. The van der Waals surface area contributed by atoms with Crippen molar-refractivity contribution in [3.8, 4) is 0 Å². The third kappa shape index (κ3) is 3.63. The van der Waals surface area contributed by atoms with Crippen molar-refractivity contribution < 1.29 is 0 Å². The number of nitrogens with zero attached hydrogens (tertiary/aromatic N) is 2. The predicted octanol–water partition coefficient (Wildman–Crippen LogP) is 3.83. The highest BCUT2D eigenvalue weighted by atomic mass is 14.8. The first-order valence-corrected chi connectivity index (χ1v) is 6.64. The molecule has 0 amide bonds. The Balaban J connectivity index is 2.32. The number of hydrogen-bond donors (Lipinski definition) is 2. The highest BCUT2D eigenvalue weighted by molar-refractivity contribution is 6.01. The normalized spacial score (nSPS) is 12.2. The summed E-state index contributed by atoms with van der Waals surface area (Å²) in [6.07, 6.45) is 5.21.